The maximum absolute atomic E-state index is 11.7. The Kier molecular flexibility index (Phi) is 3.85. The number of aromatic amines is 1. The molecule has 0 atom stereocenters. The van der Waals surface area contributed by atoms with Gasteiger partial charge in [-0.15, -0.1) is 0 Å². The summed E-state index contributed by atoms with van der Waals surface area (Å²) in [6, 6.07) is 15.8. The number of nitrogens with two attached hydrogens (primary N) is 1. The van der Waals surface area contributed by atoms with E-state index in [0.29, 0.717) is 11.4 Å². The molecule has 0 amide bonds. The minimum Gasteiger partial charge on any atom is -0.397 e. The average molecular weight is 337 g/mol. The van der Waals surface area contributed by atoms with Crippen molar-refractivity contribution in [2.24, 2.45) is 0 Å². The van der Waals surface area contributed by atoms with Crippen LogP contribution in [0.4, 0.5) is 17.1 Å². The third-order valence-electron chi connectivity index (χ3n) is 4.47. The number of nitrogen functional groups attached to an aromatic ring is 1. The summed E-state index contributed by atoms with van der Waals surface area (Å²) in [5.41, 5.74) is 9.29. The van der Waals surface area contributed by atoms with Crippen molar-refractivity contribution in [1.82, 2.24) is 20.2 Å². The summed E-state index contributed by atoms with van der Waals surface area (Å²) >= 11 is 0. The van der Waals surface area contributed by atoms with Crippen LogP contribution in [0, 0.1) is 0 Å². The molecule has 3 aromatic rings. The first kappa shape index (κ1) is 15.3. The second-order valence-corrected chi connectivity index (χ2v) is 5.97. The number of para-hydroxylation sites is 1. The van der Waals surface area contributed by atoms with Crippen molar-refractivity contribution < 1.29 is 0 Å². The molecule has 1 aliphatic heterocycles. The van der Waals surface area contributed by atoms with Gasteiger partial charge in [0.1, 0.15) is 0 Å². The molecule has 0 radical (unpaired) electrons. The summed E-state index contributed by atoms with van der Waals surface area (Å²) in [6.07, 6.45) is 0. The van der Waals surface area contributed by atoms with Crippen molar-refractivity contribution >= 4 is 17.1 Å². The zero-order chi connectivity index (χ0) is 17.2. The topological polar surface area (TPSA) is 96.1 Å². The monoisotopic (exact) mass is 337 g/mol. The standard InChI is InChI=1S/C17H19N7O/c18-15-7-6-14(24-17(25)19-20-21-24)12-16(15)23-10-8-22(9-11-23)13-4-2-1-3-5-13/h1-7,12H,8-11,18H2,(H,19,21,25). The van der Waals surface area contributed by atoms with Gasteiger partial charge in [-0.05, 0) is 40.8 Å². The predicted octanol–water partition coefficient (Wildman–Crippen LogP) is 0.864. The van der Waals surface area contributed by atoms with Crippen LogP contribution in [0.3, 0.4) is 0 Å². The van der Waals surface area contributed by atoms with E-state index in [2.05, 4.69) is 49.6 Å². The van der Waals surface area contributed by atoms with Crippen molar-refractivity contribution in [2.45, 2.75) is 0 Å². The summed E-state index contributed by atoms with van der Waals surface area (Å²) in [7, 11) is 0. The number of benzene rings is 2. The summed E-state index contributed by atoms with van der Waals surface area (Å²) in [6.45, 7) is 3.54. The SMILES string of the molecule is Nc1ccc(-n2nn[nH]c2=O)cc1N1CCN(c2ccccc2)CC1. The Labute approximate surface area is 144 Å². The normalized spacial score (nSPS) is 14.7. The Hall–Kier alpha value is -3.29. The molecule has 0 aliphatic carbocycles. The molecule has 3 N–H and O–H groups in total. The molecule has 0 spiro atoms. The van der Waals surface area contributed by atoms with Crippen LogP contribution in [0.2, 0.25) is 0 Å². The van der Waals surface area contributed by atoms with Gasteiger partial charge in [-0.25, -0.2) is 9.89 Å². The molecule has 4 rings (SSSR count). The van der Waals surface area contributed by atoms with Gasteiger partial charge >= 0.3 is 5.69 Å². The molecule has 8 heteroatoms. The van der Waals surface area contributed by atoms with Gasteiger partial charge in [0.15, 0.2) is 0 Å². The summed E-state index contributed by atoms with van der Waals surface area (Å²) < 4.78 is 1.23. The van der Waals surface area contributed by atoms with Gasteiger partial charge in [0.25, 0.3) is 0 Å². The van der Waals surface area contributed by atoms with Crippen LogP contribution >= 0.6 is 0 Å². The lowest BCUT2D eigenvalue weighted by Crippen LogP contribution is -2.46. The molecule has 1 aromatic heterocycles. The molecule has 0 saturated carbocycles. The molecule has 2 aromatic carbocycles. The number of anilines is 3. The van der Waals surface area contributed by atoms with E-state index in [0.717, 1.165) is 31.9 Å². The molecule has 1 saturated heterocycles. The van der Waals surface area contributed by atoms with Crippen LogP contribution in [0.1, 0.15) is 0 Å². The molecule has 1 fully saturated rings. The lowest BCUT2D eigenvalue weighted by Gasteiger charge is -2.38. The van der Waals surface area contributed by atoms with E-state index in [9.17, 15) is 4.79 Å². The number of aromatic nitrogens is 4. The van der Waals surface area contributed by atoms with E-state index in [-0.39, 0.29) is 5.69 Å². The summed E-state index contributed by atoms with van der Waals surface area (Å²) in [4.78, 5) is 16.3. The highest BCUT2D eigenvalue weighted by Crippen LogP contribution is 2.27. The predicted molar refractivity (Wildman–Crippen MR) is 97.3 cm³/mol. The van der Waals surface area contributed by atoms with Gasteiger partial charge in [0.2, 0.25) is 0 Å². The first-order valence-electron chi connectivity index (χ1n) is 8.17. The zero-order valence-electron chi connectivity index (χ0n) is 13.7. The van der Waals surface area contributed by atoms with Crippen LogP contribution in [-0.2, 0) is 0 Å². The zero-order valence-corrected chi connectivity index (χ0v) is 13.7. The molecule has 1 aliphatic rings. The van der Waals surface area contributed by atoms with Crippen molar-refractivity contribution in [1.29, 1.82) is 0 Å². The van der Waals surface area contributed by atoms with E-state index in [1.807, 2.05) is 12.1 Å². The fourth-order valence-electron chi connectivity index (χ4n) is 3.15. The van der Waals surface area contributed by atoms with E-state index < -0.39 is 0 Å². The van der Waals surface area contributed by atoms with Gasteiger partial charge in [0, 0.05) is 31.9 Å². The first-order chi connectivity index (χ1) is 12.2. The third kappa shape index (κ3) is 2.93. The number of nitrogens with zero attached hydrogens (tertiary/aromatic N) is 5. The number of nitrogens with one attached hydrogen (secondary N) is 1. The van der Waals surface area contributed by atoms with Gasteiger partial charge in [-0.1, -0.05) is 18.2 Å². The van der Waals surface area contributed by atoms with Gasteiger partial charge in [-0.2, -0.15) is 4.68 Å². The quantitative estimate of drug-likeness (QED) is 0.688. The van der Waals surface area contributed by atoms with Crippen molar-refractivity contribution in [3.8, 4) is 5.69 Å². The second kappa shape index (κ2) is 6.31. The summed E-state index contributed by atoms with van der Waals surface area (Å²) in [5, 5.41) is 9.61. The maximum Gasteiger partial charge on any atom is 0.365 e. The molecule has 0 unspecified atom stereocenters. The van der Waals surface area contributed by atoms with Crippen LogP contribution in [0.5, 0.6) is 0 Å². The van der Waals surface area contributed by atoms with Gasteiger partial charge < -0.3 is 15.5 Å². The van der Waals surface area contributed by atoms with Crippen LogP contribution in [0.25, 0.3) is 5.69 Å². The molecular weight excluding hydrogens is 318 g/mol. The van der Waals surface area contributed by atoms with E-state index >= 15 is 0 Å². The smallest absolute Gasteiger partial charge is 0.365 e. The number of tetrazole rings is 1. The fourth-order valence-corrected chi connectivity index (χ4v) is 3.15. The Morgan fingerprint density at radius 2 is 1.64 bits per heavy atom. The van der Waals surface area contributed by atoms with Crippen LogP contribution < -0.4 is 21.2 Å². The second-order valence-electron chi connectivity index (χ2n) is 5.97. The number of piperazine rings is 1. The molecule has 2 heterocycles. The minimum atomic E-state index is -0.371. The van der Waals surface area contributed by atoms with Gasteiger partial charge in [0.05, 0.1) is 17.1 Å². The number of H-pyrrole nitrogens is 1. The largest absolute Gasteiger partial charge is 0.397 e. The Balaban J connectivity index is 1.55. The molecule has 8 nitrogen and oxygen atoms in total. The van der Waals surface area contributed by atoms with Crippen molar-refractivity contribution in [3.05, 3.63) is 59.0 Å². The van der Waals surface area contributed by atoms with Crippen LogP contribution in [-0.4, -0.2) is 46.4 Å². The fraction of sp³-hybridized carbons (Fsp3) is 0.235. The highest BCUT2D eigenvalue weighted by Gasteiger charge is 2.19. The Morgan fingerprint density at radius 3 is 2.32 bits per heavy atom. The van der Waals surface area contributed by atoms with E-state index in [1.165, 1.54) is 10.4 Å². The van der Waals surface area contributed by atoms with Gasteiger partial charge in [-0.3, -0.25) is 0 Å². The van der Waals surface area contributed by atoms with Crippen molar-refractivity contribution in [3.63, 3.8) is 0 Å². The highest BCUT2D eigenvalue weighted by molar-refractivity contribution is 5.71. The highest BCUT2D eigenvalue weighted by atomic mass is 16.2. The average Bonchev–Trinajstić information content (AvgIpc) is 3.09. The Morgan fingerprint density at radius 1 is 0.920 bits per heavy atom. The number of hydrogen-bond acceptors (Lipinski definition) is 6. The Bertz CT molecular complexity index is 910. The van der Waals surface area contributed by atoms with E-state index in [1.54, 1.807) is 12.1 Å². The molecule has 128 valence electrons. The maximum atomic E-state index is 11.7. The third-order valence-corrected chi connectivity index (χ3v) is 4.47. The lowest BCUT2D eigenvalue weighted by molar-refractivity contribution is 0.653. The van der Waals surface area contributed by atoms with Crippen molar-refractivity contribution in [2.75, 3.05) is 41.7 Å². The molecular formula is C17H19N7O. The number of hydrogen-bond donors (Lipinski definition) is 2. The summed E-state index contributed by atoms with van der Waals surface area (Å²) in [5.74, 6) is 0. The first-order valence-corrected chi connectivity index (χ1v) is 8.17. The lowest BCUT2D eigenvalue weighted by atomic mass is 10.2. The number of rotatable bonds is 3. The van der Waals surface area contributed by atoms with Crippen LogP contribution in [0.15, 0.2) is 53.3 Å². The molecule has 25 heavy (non-hydrogen) atoms. The molecule has 0 bridgehead atoms. The minimum absolute atomic E-state index is 0.371. The van der Waals surface area contributed by atoms with E-state index in [4.69, 9.17) is 5.73 Å².